The second-order valence-electron chi connectivity index (χ2n) is 4.83. The van der Waals surface area contributed by atoms with Gasteiger partial charge in [0.05, 0.1) is 5.56 Å². The number of anilines is 2. The summed E-state index contributed by atoms with van der Waals surface area (Å²) in [6, 6.07) is 3.59. The highest BCUT2D eigenvalue weighted by atomic mass is 32.1. The molecule has 0 unspecified atom stereocenters. The molecular formula is C13H18N6OS. The zero-order chi connectivity index (χ0) is 15.2. The molecule has 0 saturated carbocycles. The first-order valence-electron chi connectivity index (χ1n) is 6.45. The van der Waals surface area contributed by atoms with Crippen molar-refractivity contribution >= 4 is 28.2 Å². The molecule has 2 aromatic rings. The fourth-order valence-corrected chi connectivity index (χ4v) is 2.05. The van der Waals surface area contributed by atoms with E-state index >= 15 is 0 Å². The number of carbonyl (C=O) groups excluding carboxylic acids is 1. The van der Waals surface area contributed by atoms with Crippen molar-refractivity contribution in [3.05, 3.63) is 29.4 Å². The second-order valence-corrected chi connectivity index (χ2v) is 5.66. The first-order chi connectivity index (χ1) is 10.1. The average molecular weight is 306 g/mol. The zero-order valence-electron chi connectivity index (χ0n) is 12.3. The molecule has 0 aliphatic carbocycles. The van der Waals surface area contributed by atoms with Gasteiger partial charge in [0.2, 0.25) is 5.13 Å². The Kier molecular flexibility index (Phi) is 5.18. The lowest BCUT2D eigenvalue weighted by molar-refractivity contribution is 0.102. The topological polar surface area (TPSA) is 74.2 Å². The van der Waals surface area contributed by atoms with Crippen LogP contribution in [-0.4, -0.2) is 60.2 Å². The molecule has 0 aromatic carbocycles. The molecule has 8 heteroatoms. The maximum absolute atomic E-state index is 12.0. The molecule has 0 bridgehead atoms. The smallest absolute Gasteiger partial charge is 0.259 e. The molecule has 0 saturated heterocycles. The Morgan fingerprint density at radius 1 is 1.29 bits per heavy atom. The normalized spacial score (nSPS) is 10.7. The molecule has 0 spiro atoms. The molecule has 7 nitrogen and oxygen atoms in total. The predicted octanol–water partition coefficient (Wildman–Crippen LogP) is 1.18. The highest BCUT2D eigenvalue weighted by Crippen LogP contribution is 2.13. The summed E-state index contributed by atoms with van der Waals surface area (Å²) in [5, 5.41) is 10.6. The van der Waals surface area contributed by atoms with Gasteiger partial charge in [0.25, 0.3) is 5.91 Å². The number of rotatable bonds is 6. The van der Waals surface area contributed by atoms with Gasteiger partial charge in [0.15, 0.2) is 0 Å². The number of nitrogens with one attached hydrogen (secondary N) is 1. The summed E-state index contributed by atoms with van der Waals surface area (Å²) in [5.41, 5.74) is 2.06. The summed E-state index contributed by atoms with van der Waals surface area (Å²) in [5.74, 6) is 0.603. The molecule has 1 amide bonds. The van der Waals surface area contributed by atoms with Crippen molar-refractivity contribution in [2.45, 2.75) is 0 Å². The first kappa shape index (κ1) is 15.3. The largest absolute Gasteiger partial charge is 0.358 e. The van der Waals surface area contributed by atoms with Gasteiger partial charge in [-0.05, 0) is 26.2 Å². The molecule has 0 aliphatic rings. The minimum absolute atomic E-state index is 0.234. The van der Waals surface area contributed by atoms with Gasteiger partial charge >= 0.3 is 0 Å². The Balaban J connectivity index is 1.96. The SMILES string of the molecule is CN(C)CCN(C)c1ccc(C(=O)Nc2nncs2)cn1. The van der Waals surface area contributed by atoms with E-state index < -0.39 is 0 Å². The van der Waals surface area contributed by atoms with Crippen LogP contribution in [0, 0.1) is 0 Å². The Bertz CT molecular complexity index is 569. The predicted molar refractivity (Wildman–Crippen MR) is 83.9 cm³/mol. The van der Waals surface area contributed by atoms with Crippen LogP contribution in [0.4, 0.5) is 10.9 Å². The minimum Gasteiger partial charge on any atom is -0.358 e. The van der Waals surface area contributed by atoms with Crippen molar-refractivity contribution in [1.29, 1.82) is 0 Å². The van der Waals surface area contributed by atoms with Crippen LogP contribution in [0.5, 0.6) is 0 Å². The summed E-state index contributed by atoms with van der Waals surface area (Å²) < 4.78 is 0. The molecule has 2 heterocycles. The maximum Gasteiger partial charge on any atom is 0.259 e. The molecule has 21 heavy (non-hydrogen) atoms. The standard InChI is InChI=1S/C13H18N6OS/c1-18(2)6-7-19(3)11-5-4-10(8-14-11)12(20)16-13-17-15-9-21-13/h4-5,8-9H,6-7H2,1-3H3,(H,16,17,20). The third-order valence-corrected chi connectivity index (χ3v) is 3.47. The second kappa shape index (κ2) is 7.09. The number of amides is 1. The van der Waals surface area contributed by atoms with E-state index in [2.05, 4.69) is 25.4 Å². The highest BCUT2D eigenvalue weighted by molar-refractivity contribution is 7.13. The molecule has 112 valence electrons. The molecule has 2 aromatic heterocycles. The number of hydrogen-bond acceptors (Lipinski definition) is 7. The van der Waals surface area contributed by atoms with Gasteiger partial charge in [0, 0.05) is 26.3 Å². The van der Waals surface area contributed by atoms with Crippen molar-refractivity contribution in [2.24, 2.45) is 0 Å². The maximum atomic E-state index is 12.0. The Morgan fingerprint density at radius 2 is 2.10 bits per heavy atom. The number of aromatic nitrogens is 3. The third kappa shape index (κ3) is 4.47. The quantitative estimate of drug-likeness (QED) is 0.864. The van der Waals surface area contributed by atoms with E-state index in [9.17, 15) is 4.79 Å². The van der Waals surface area contributed by atoms with Crippen LogP contribution in [0.2, 0.25) is 0 Å². The zero-order valence-corrected chi connectivity index (χ0v) is 13.1. The molecule has 0 fully saturated rings. The summed E-state index contributed by atoms with van der Waals surface area (Å²) in [6.07, 6.45) is 1.57. The van der Waals surface area contributed by atoms with Gasteiger partial charge in [-0.2, -0.15) is 0 Å². The van der Waals surface area contributed by atoms with Crippen molar-refractivity contribution in [1.82, 2.24) is 20.1 Å². The lowest BCUT2D eigenvalue weighted by Gasteiger charge is -2.20. The van der Waals surface area contributed by atoms with E-state index in [-0.39, 0.29) is 5.91 Å². The van der Waals surface area contributed by atoms with E-state index in [0.717, 1.165) is 18.9 Å². The van der Waals surface area contributed by atoms with Crippen LogP contribution in [-0.2, 0) is 0 Å². The number of carbonyl (C=O) groups is 1. The van der Waals surface area contributed by atoms with Gasteiger partial charge in [-0.1, -0.05) is 11.3 Å². The van der Waals surface area contributed by atoms with E-state index in [1.165, 1.54) is 11.3 Å². The summed E-state index contributed by atoms with van der Waals surface area (Å²) >= 11 is 1.28. The molecule has 2 rings (SSSR count). The summed E-state index contributed by atoms with van der Waals surface area (Å²) in [6.45, 7) is 1.81. The van der Waals surface area contributed by atoms with Crippen molar-refractivity contribution < 1.29 is 4.79 Å². The van der Waals surface area contributed by atoms with E-state index in [1.807, 2.05) is 32.1 Å². The van der Waals surface area contributed by atoms with Gasteiger partial charge < -0.3 is 9.80 Å². The van der Waals surface area contributed by atoms with Crippen LogP contribution in [0.3, 0.4) is 0 Å². The van der Waals surface area contributed by atoms with E-state index in [4.69, 9.17) is 0 Å². The van der Waals surface area contributed by atoms with Gasteiger partial charge in [-0.3, -0.25) is 10.1 Å². The summed E-state index contributed by atoms with van der Waals surface area (Å²) in [7, 11) is 6.04. The van der Waals surface area contributed by atoms with Crippen LogP contribution >= 0.6 is 11.3 Å². The number of likely N-dealkylation sites (N-methyl/N-ethyl adjacent to an activating group) is 2. The Labute approximate surface area is 127 Å². The van der Waals surface area contributed by atoms with Crippen LogP contribution in [0.15, 0.2) is 23.8 Å². The first-order valence-corrected chi connectivity index (χ1v) is 7.33. The number of hydrogen-bond donors (Lipinski definition) is 1. The fraction of sp³-hybridized carbons (Fsp3) is 0.385. The van der Waals surface area contributed by atoms with Crippen LogP contribution < -0.4 is 10.2 Å². The number of nitrogens with zero attached hydrogens (tertiary/aromatic N) is 5. The Morgan fingerprint density at radius 3 is 2.67 bits per heavy atom. The Hall–Kier alpha value is -2.06. The summed E-state index contributed by atoms with van der Waals surface area (Å²) in [4.78, 5) is 20.5. The third-order valence-electron chi connectivity index (χ3n) is 2.86. The molecular weight excluding hydrogens is 288 g/mol. The van der Waals surface area contributed by atoms with E-state index in [0.29, 0.717) is 10.7 Å². The van der Waals surface area contributed by atoms with Crippen molar-refractivity contribution in [2.75, 3.05) is 44.4 Å². The van der Waals surface area contributed by atoms with Crippen molar-refractivity contribution in [3.63, 3.8) is 0 Å². The van der Waals surface area contributed by atoms with Gasteiger partial charge in [-0.25, -0.2) is 4.98 Å². The minimum atomic E-state index is -0.234. The molecule has 0 atom stereocenters. The van der Waals surface area contributed by atoms with Crippen LogP contribution in [0.25, 0.3) is 0 Å². The molecule has 0 radical (unpaired) electrons. The van der Waals surface area contributed by atoms with Gasteiger partial charge in [0.1, 0.15) is 11.3 Å². The van der Waals surface area contributed by atoms with Gasteiger partial charge in [-0.15, -0.1) is 10.2 Å². The lowest BCUT2D eigenvalue weighted by atomic mass is 10.2. The molecule has 1 N–H and O–H groups in total. The van der Waals surface area contributed by atoms with Crippen LogP contribution in [0.1, 0.15) is 10.4 Å². The monoisotopic (exact) mass is 306 g/mol. The lowest BCUT2D eigenvalue weighted by Crippen LogP contribution is -2.29. The highest BCUT2D eigenvalue weighted by Gasteiger charge is 2.09. The average Bonchev–Trinajstić information content (AvgIpc) is 2.97. The fourth-order valence-electron chi connectivity index (χ4n) is 1.61. The van der Waals surface area contributed by atoms with E-state index in [1.54, 1.807) is 17.8 Å². The molecule has 0 aliphatic heterocycles. The number of pyridine rings is 1. The van der Waals surface area contributed by atoms with Crippen molar-refractivity contribution in [3.8, 4) is 0 Å².